The minimum atomic E-state index is -0.802. The van der Waals surface area contributed by atoms with Crippen molar-refractivity contribution in [3.63, 3.8) is 0 Å². The third kappa shape index (κ3) is 5.15. The zero-order valence-electron chi connectivity index (χ0n) is 12.7. The highest BCUT2D eigenvalue weighted by atomic mass is 35.5. The number of anilines is 1. The molecule has 10 heteroatoms. The van der Waals surface area contributed by atoms with Crippen LogP contribution in [0.2, 0.25) is 5.02 Å². The van der Waals surface area contributed by atoms with Gasteiger partial charge in [-0.15, -0.1) is 0 Å². The maximum absolute atomic E-state index is 11.8. The molecule has 2 aromatic rings. The number of ether oxygens (including phenoxy) is 1. The summed E-state index contributed by atoms with van der Waals surface area (Å²) in [6.07, 6.45) is 1.40. The Bertz CT molecular complexity index is 880. The molecule has 0 unspecified atom stereocenters. The van der Waals surface area contributed by atoms with Crippen LogP contribution in [0.5, 0.6) is 0 Å². The van der Waals surface area contributed by atoms with Crippen molar-refractivity contribution in [2.24, 2.45) is 0 Å². The molecule has 130 valence electrons. The van der Waals surface area contributed by atoms with E-state index in [9.17, 15) is 24.5 Å². The van der Waals surface area contributed by atoms with Crippen molar-refractivity contribution in [1.82, 2.24) is 4.57 Å². The second kappa shape index (κ2) is 8.06. The molecule has 1 heterocycles. The van der Waals surface area contributed by atoms with Gasteiger partial charge in [-0.05, 0) is 18.2 Å². The first kappa shape index (κ1) is 18.1. The van der Waals surface area contributed by atoms with E-state index in [1.807, 2.05) is 0 Å². The molecule has 1 amide bonds. The van der Waals surface area contributed by atoms with E-state index in [-0.39, 0.29) is 22.9 Å². The van der Waals surface area contributed by atoms with Crippen molar-refractivity contribution in [3.8, 4) is 0 Å². The summed E-state index contributed by atoms with van der Waals surface area (Å²) in [5.41, 5.74) is -0.851. The lowest BCUT2D eigenvalue weighted by molar-refractivity contribution is -0.383. The Morgan fingerprint density at radius 2 is 2.04 bits per heavy atom. The number of hydrogen-bond acceptors (Lipinski definition) is 6. The van der Waals surface area contributed by atoms with Crippen LogP contribution >= 0.6 is 11.6 Å². The van der Waals surface area contributed by atoms with Gasteiger partial charge >= 0.3 is 5.97 Å². The van der Waals surface area contributed by atoms with Crippen LogP contribution < -0.4 is 10.9 Å². The van der Waals surface area contributed by atoms with Crippen molar-refractivity contribution < 1.29 is 19.2 Å². The Morgan fingerprint density at radius 1 is 1.28 bits per heavy atom. The van der Waals surface area contributed by atoms with E-state index < -0.39 is 29.0 Å². The summed E-state index contributed by atoms with van der Waals surface area (Å²) in [4.78, 5) is 45.2. The third-order valence-electron chi connectivity index (χ3n) is 2.99. The molecule has 0 spiro atoms. The van der Waals surface area contributed by atoms with Gasteiger partial charge in [0.25, 0.3) is 17.2 Å². The standard InChI is InChI=1S/C15H12ClN3O6/c16-10-4-5-12(19(23)24)11(7-10)17-13(20)9-25-15(22)8-18-6-2-1-3-14(18)21/h1-7H,8-9H2,(H,17,20). The van der Waals surface area contributed by atoms with Crippen molar-refractivity contribution in [1.29, 1.82) is 0 Å². The molecule has 0 saturated heterocycles. The number of nitro groups is 1. The molecule has 0 saturated carbocycles. The second-order valence-corrected chi connectivity index (χ2v) is 5.23. The van der Waals surface area contributed by atoms with Crippen LogP contribution in [-0.2, 0) is 20.9 Å². The minimum absolute atomic E-state index is 0.113. The van der Waals surface area contributed by atoms with Gasteiger partial charge in [0, 0.05) is 23.4 Å². The number of halogens is 1. The highest BCUT2D eigenvalue weighted by Gasteiger charge is 2.17. The molecule has 0 aliphatic carbocycles. The Hall–Kier alpha value is -3.20. The average molecular weight is 366 g/mol. The monoisotopic (exact) mass is 365 g/mol. The molecule has 1 aromatic carbocycles. The van der Waals surface area contributed by atoms with Crippen LogP contribution in [-0.4, -0.2) is 28.0 Å². The summed E-state index contributed by atoms with van der Waals surface area (Å²) < 4.78 is 5.87. The van der Waals surface area contributed by atoms with Crippen molar-refractivity contribution in [3.05, 3.63) is 68.1 Å². The molecule has 0 atom stereocenters. The molecule has 2 rings (SSSR count). The number of carbonyl (C=O) groups excluding carboxylic acids is 2. The van der Waals surface area contributed by atoms with Gasteiger partial charge in [-0.3, -0.25) is 24.5 Å². The number of hydrogen-bond donors (Lipinski definition) is 1. The van der Waals surface area contributed by atoms with Crippen LogP contribution in [0, 0.1) is 10.1 Å². The molecule has 0 radical (unpaired) electrons. The van der Waals surface area contributed by atoms with Gasteiger partial charge < -0.3 is 14.6 Å². The number of pyridine rings is 1. The SMILES string of the molecule is O=C(COC(=O)Cn1ccccc1=O)Nc1cc(Cl)ccc1[N+](=O)[O-]. The molecule has 0 aliphatic rings. The predicted molar refractivity (Wildman–Crippen MR) is 88.4 cm³/mol. The Morgan fingerprint density at radius 3 is 2.72 bits per heavy atom. The number of nitro benzene ring substituents is 1. The van der Waals surface area contributed by atoms with Crippen LogP contribution in [0.25, 0.3) is 0 Å². The lowest BCUT2D eigenvalue weighted by Gasteiger charge is -2.08. The number of benzene rings is 1. The van der Waals surface area contributed by atoms with E-state index >= 15 is 0 Å². The zero-order chi connectivity index (χ0) is 18.4. The predicted octanol–water partition coefficient (Wildman–Crippen LogP) is 1.59. The fraction of sp³-hybridized carbons (Fsp3) is 0.133. The number of carbonyl (C=O) groups is 2. The normalized spacial score (nSPS) is 10.1. The molecule has 1 aromatic heterocycles. The van der Waals surface area contributed by atoms with Crippen LogP contribution in [0.15, 0.2) is 47.4 Å². The number of rotatable bonds is 6. The van der Waals surface area contributed by atoms with E-state index in [0.29, 0.717) is 0 Å². The van der Waals surface area contributed by atoms with Crippen molar-refractivity contribution >= 4 is 34.9 Å². The lowest BCUT2D eigenvalue weighted by Crippen LogP contribution is -2.27. The molecule has 9 nitrogen and oxygen atoms in total. The van der Waals surface area contributed by atoms with E-state index in [1.165, 1.54) is 30.5 Å². The van der Waals surface area contributed by atoms with Gasteiger partial charge in [0.05, 0.1) is 4.92 Å². The van der Waals surface area contributed by atoms with Gasteiger partial charge in [-0.2, -0.15) is 0 Å². The first-order chi connectivity index (χ1) is 11.9. The summed E-state index contributed by atoms with van der Waals surface area (Å²) in [5.74, 6) is -1.58. The quantitative estimate of drug-likeness (QED) is 0.471. The number of aromatic nitrogens is 1. The molecule has 1 N–H and O–H groups in total. The summed E-state index contributed by atoms with van der Waals surface area (Å²) in [6.45, 7) is -1.02. The Balaban J connectivity index is 1.94. The van der Waals surface area contributed by atoms with Gasteiger partial charge in [0.2, 0.25) is 0 Å². The Kier molecular flexibility index (Phi) is 5.85. The smallest absolute Gasteiger partial charge is 0.326 e. The molecule has 0 bridgehead atoms. The van der Waals surface area contributed by atoms with Crippen LogP contribution in [0.3, 0.4) is 0 Å². The summed E-state index contributed by atoms with van der Waals surface area (Å²) in [7, 11) is 0. The zero-order valence-corrected chi connectivity index (χ0v) is 13.4. The van der Waals surface area contributed by atoms with Crippen LogP contribution in [0.4, 0.5) is 11.4 Å². The van der Waals surface area contributed by atoms with Gasteiger partial charge in [0.15, 0.2) is 6.61 Å². The molecule has 0 fully saturated rings. The van der Waals surface area contributed by atoms with Crippen molar-refractivity contribution in [2.45, 2.75) is 6.54 Å². The van der Waals surface area contributed by atoms with Gasteiger partial charge in [-0.1, -0.05) is 17.7 Å². The fourth-order valence-corrected chi connectivity index (χ4v) is 2.05. The largest absolute Gasteiger partial charge is 0.454 e. The van der Waals surface area contributed by atoms with Gasteiger partial charge in [0.1, 0.15) is 12.2 Å². The minimum Gasteiger partial charge on any atom is -0.454 e. The molecular formula is C15H12ClN3O6. The van der Waals surface area contributed by atoms with E-state index in [0.717, 1.165) is 10.6 Å². The van der Waals surface area contributed by atoms with Gasteiger partial charge in [-0.25, -0.2) is 0 Å². The number of amides is 1. The fourth-order valence-electron chi connectivity index (χ4n) is 1.88. The highest BCUT2D eigenvalue weighted by Crippen LogP contribution is 2.27. The Labute approximate surface area is 145 Å². The average Bonchev–Trinajstić information content (AvgIpc) is 2.55. The maximum atomic E-state index is 11.8. The maximum Gasteiger partial charge on any atom is 0.326 e. The number of nitrogens with one attached hydrogen (secondary N) is 1. The molecule has 0 aliphatic heterocycles. The van der Waals surface area contributed by atoms with Crippen molar-refractivity contribution in [2.75, 3.05) is 11.9 Å². The first-order valence-electron chi connectivity index (χ1n) is 6.91. The summed E-state index contributed by atoms with van der Waals surface area (Å²) >= 11 is 5.75. The highest BCUT2D eigenvalue weighted by molar-refractivity contribution is 6.31. The van der Waals surface area contributed by atoms with E-state index in [1.54, 1.807) is 6.07 Å². The summed E-state index contributed by atoms with van der Waals surface area (Å²) in [6, 6.07) is 8.04. The topological polar surface area (TPSA) is 121 Å². The van der Waals surface area contributed by atoms with E-state index in [2.05, 4.69) is 5.32 Å². The van der Waals surface area contributed by atoms with E-state index in [4.69, 9.17) is 16.3 Å². The lowest BCUT2D eigenvalue weighted by atomic mass is 10.2. The molecule has 25 heavy (non-hydrogen) atoms. The van der Waals surface area contributed by atoms with Crippen LogP contribution in [0.1, 0.15) is 0 Å². The molecular weight excluding hydrogens is 354 g/mol. The number of nitrogens with zero attached hydrogens (tertiary/aromatic N) is 2. The third-order valence-corrected chi connectivity index (χ3v) is 3.23. The number of esters is 1. The summed E-state index contributed by atoms with van der Waals surface area (Å²) in [5, 5.41) is 13.4. The second-order valence-electron chi connectivity index (χ2n) is 4.79. The first-order valence-corrected chi connectivity index (χ1v) is 7.29.